The third kappa shape index (κ3) is 2.19. The van der Waals surface area contributed by atoms with Gasteiger partial charge in [0.2, 0.25) is 0 Å². The molecule has 0 bridgehead atoms. The average molecular weight is 174 g/mol. The van der Waals surface area contributed by atoms with Crippen LogP contribution >= 0.6 is 12.6 Å². The van der Waals surface area contributed by atoms with Gasteiger partial charge in [0.25, 0.3) is 0 Å². The minimum absolute atomic E-state index is 0.139. The van der Waals surface area contributed by atoms with Gasteiger partial charge in [-0.15, -0.1) is 0 Å². The quantitative estimate of drug-likeness (QED) is 0.622. The van der Waals surface area contributed by atoms with Crippen LogP contribution in [0.5, 0.6) is 0 Å². The summed E-state index contributed by atoms with van der Waals surface area (Å²) in [5.74, 6) is -1.11. The van der Waals surface area contributed by atoms with Gasteiger partial charge in [0.1, 0.15) is 11.6 Å². The second kappa shape index (κ2) is 3.22. The summed E-state index contributed by atoms with van der Waals surface area (Å²) in [4.78, 5) is 0. The second-order valence-corrected chi connectivity index (χ2v) is 3.15. The predicted molar refractivity (Wildman–Crippen MR) is 43.8 cm³/mol. The molecule has 1 aromatic rings. The number of hydrogen-bond acceptors (Lipinski definition) is 1. The second-order valence-electron chi connectivity index (χ2n) is 2.38. The molecule has 0 aliphatic carbocycles. The minimum atomic E-state index is -0.555. The van der Waals surface area contributed by atoms with E-state index in [1.54, 1.807) is 6.92 Å². The van der Waals surface area contributed by atoms with Crippen LogP contribution in [0.1, 0.15) is 17.7 Å². The van der Waals surface area contributed by atoms with E-state index in [9.17, 15) is 8.78 Å². The molecular formula is C8H8F2S. The van der Waals surface area contributed by atoms with Crippen molar-refractivity contribution in [3.05, 3.63) is 35.4 Å². The Kier molecular flexibility index (Phi) is 2.49. The van der Waals surface area contributed by atoms with Crippen molar-refractivity contribution >= 4 is 12.6 Å². The Balaban J connectivity index is 3.08. The Bertz CT molecular complexity index is 238. The van der Waals surface area contributed by atoms with Crippen molar-refractivity contribution in [2.24, 2.45) is 0 Å². The molecule has 1 atom stereocenters. The van der Waals surface area contributed by atoms with Crippen LogP contribution in [0.3, 0.4) is 0 Å². The number of thiol groups is 1. The summed E-state index contributed by atoms with van der Waals surface area (Å²) in [6, 6.07) is 3.40. The molecule has 1 unspecified atom stereocenters. The van der Waals surface area contributed by atoms with E-state index in [-0.39, 0.29) is 5.25 Å². The monoisotopic (exact) mass is 174 g/mol. The summed E-state index contributed by atoms with van der Waals surface area (Å²) in [6.07, 6.45) is 0. The zero-order valence-corrected chi connectivity index (χ0v) is 6.91. The first-order valence-electron chi connectivity index (χ1n) is 3.23. The molecule has 0 spiro atoms. The molecule has 0 N–H and O–H groups in total. The molecule has 0 amide bonds. The Morgan fingerprint density at radius 2 is 1.64 bits per heavy atom. The molecule has 11 heavy (non-hydrogen) atoms. The largest absolute Gasteiger partial charge is 0.207 e. The van der Waals surface area contributed by atoms with Crippen molar-refractivity contribution in [2.45, 2.75) is 12.2 Å². The van der Waals surface area contributed by atoms with Crippen LogP contribution in [0.4, 0.5) is 8.78 Å². The Labute approximate surface area is 69.6 Å². The highest BCUT2D eigenvalue weighted by Crippen LogP contribution is 2.20. The van der Waals surface area contributed by atoms with Gasteiger partial charge < -0.3 is 0 Å². The van der Waals surface area contributed by atoms with Gasteiger partial charge in [-0.3, -0.25) is 0 Å². The van der Waals surface area contributed by atoms with Crippen molar-refractivity contribution in [1.82, 2.24) is 0 Å². The molecule has 0 aliphatic rings. The molecule has 0 radical (unpaired) electrons. The van der Waals surface area contributed by atoms with Gasteiger partial charge in [0, 0.05) is 11.3 Å². The van der Waals surface area contributed by atoms with Crippen LogP contribution in [0.15, 0.2) is 18.2 Å². The lowest BCUT2D eigenvalue weighted by atomic mass is 10.1. The van der Waals surface area contributed by atoms with Gasteiger partial charge in [0.05, 0.1) is 0 Å². The lowest BCUT2D eigenvalue weighted by molar-refractivity contribution is 0.580. The van der Waals surface area contributed by atoms with Crippen LogP contribution < -0.4 is 0 Å². The summed E-state index contributed by atoms with van der Waals surface area (Å²) in [7, 11) is 0. The smallest absolute Gasteiger partial charge is 0.126 e. The maximum atomic E-state index is 12.5. The molecule has 0 saturated carbocycles. The van der Waals surface area contributed by atoms with Crippen LogP contribution in [0, 0.1) is 11.6 Å². The molecule has 0 heterocycles. The third-order valence-corrected chi connectivity index (χ3v) is 1.67. The summed E-state index contributed by atoms with van der Waals surface area (Å²) < 4.78 is 25.0. The van der Waals surface area contributed by atoms with E-state index in [1.807, 2.05) is 0 Å². The topological polar surface area (TPSA) is 0 Å². The molecule has 0 aromatic heterocycles. The number of rotatable bonds is 1. The van der Waals surface area contributed by atoms with Gasteiger partial charge >= 0.3 is 0 Å². The van der Waals surface area contributed by atoms with E-state index in [1.165, 1.54) is 12.1 Å². The van der Waals surface area contributed by atoms with Crippen molar-refractivity contribution in [3.8, 4) is 0 Å². The van der Waals surface area contributed by atoms with E-state index in [2.05, 4.69) is 12.6 Å². The van der Waals surface area contributed by atoms with Crippen LogP contribution in [0.25, 0.3) is 0 Å². The van der Waals surface area contributed by atoms with Crippen LogP contribution in [-0.4, -0.2) is 0 Å². The van der Waals surface area contributed by atoms with Crippen molar-refractivity contribution in [3.63, 3.8) is 0 Å². The van der Waals surface area contributed by atoms with E-state index < -0.39 is 11.6 Å². The van der Waals surface area contributed by atoms with Crippen LogP contribution in [0.2, 0.25) is 0 Å². The lowest BCUT2D eigenvalue weighted by Crippen LogP contribution is -1.88. The first-order valence-corrected chi connectivity index (χ1v) is 3.75. The fraction of sp³-hybridized carbons (Fsp3) is 0.250. The van der Waals surface area contributed by atoms with E-state index >= 15 is 0 Å². The van der Waals surface area contributed by atoms with Crippen molar-refractivity contribution in [1.29, 1.82) is 0 Å². The first kappa shape index (κ1) is 8.53. The molecular weight excluding hydrogens is 166 g/mol. The maximum absolute atomic E-state index is 12.5. The number of halogens is 2. The highest BCUT2D eigenvalue weighted by atomic mass is 32.1. The molecule has 0 saturated heterocycles. The zero-order valence-electron chi connectivity index (χ0n) is 6.01. The zero-order chi connectivity index (χ0) is 8.43. The average Bonchev–Trinajstić information content (AvgIpc) is 1.85. The highest BCUT2D eigenvalue weighted by Gasteiger charge is 2.03. The maximum Gasteiger partial charge on any atom is 0.126 e. The van der Waals surface area contributed by atoms with Gasteiger partial charge in [0.15, 0.2) is 0 Å². The van der Waals surface area contributed by atoms with E-state index in [0.717, 1.165) is 6.07 Å². The molecule has 0 nitrogen and oxygen atoms in total. The molecule has 1 rings (SSSR count). The molecule has 1 aromatic carbocycles. The van der Waals surface area contributed by atoms with E-state index in [0.29, 0.717) is 5.56 Å². The van der Waals surface area contributed by atoms with Crippen LogP contribution in [-0.2, 0) is 0 Å². The SMILES string of the molecule is CC(S)c1cc(F)cc(F)c1. The fourth-order valence-corrected chi connectivity index (χ4v) is 0.965. The van der Waals surface area contributed by atoms with Gasteiger partial charge in [-0.05, 0) is 24.6 Å². The van der Waals surface area contributed by atoms with Gasteiger partial charge in [-0.25, -0.2) is 8.78 Å². The fourth-order valence-electron chi connectivity index (χ4n) is 0.816. The summed E-state index contributed by atoms with van der Waals surface area (Å²) in [6.45, 7) is 1.76. The molecule has 60 valence electrons. The number of hydrogen-bond donors (Lipinski definition) is 1. The predicted octanol–water partition coefficient (Wildman–Crippen LogP) is 2.96. The van der Waals surface area contributed by atoms with Crippen molar-refractivity contribution < 1.29 is 8.78 Å². The standard InChI is InChI=1S/C8H8F2S/c1-5(11)6-2-7(9)4-8(10)3-6/h2-5,11H,1H3. The van der Waals surface area contributed by atoms with Gasteiger partial charge in [-0.1, -0.05) is 0 Å². The highest BCUT2D eigenvalue weighted by molar-refractivity contribution is 7.80. The Morgan fingerprint density at radius 1 is 1.18 bits per heavy atom. The summed E-state index contributed by atoms with van der Waals surface area (Å²) in [5, 5.41) is -0.139. The van der Waals surface area contributed by atoms with Crippen molar-refractivity contribution in [2.75, 3.05) is 0 Å². The third-order valence-electron chi connectivity index (χ3n) is 1.37. The van der Waals surface area contributed by atoms with E-state index in [4.69, 9.17) is 0 Å². The number of benzene rings is 1. The lowest BCUT2D eigenvalue weighted by Gasteiger charge is -2.03. The normalized spacial score (nSPS) is 13.1. The molecule has 3 heteroatoms. The summed E-state index contributed by atoms with van der Waals surface area (Å²) >= 11 is 4.05. The Morgan fingerprint density at radius 3 is 2.00 bits per heavy atom. The minimum Gasteiger partial charge on any atom is -0.207 e. The summed E-state index contributed by atoms with van der Waals surface area (Å²) in [5.41, 5.74) is 0.561. The molecule has 0 aliphatic heterocycles. The molecule has 0 fully saturated rings. The van der Waals surface area contributed by atoms with Gasteiger partial charge in [-0.2, -0.15) is 12.6 Å². The Hall–Kier alpha value is -0.570. The first-order chi connectivity index (χ1) is 5.09.